The molecule has 0 saturated heterocycles. The maximum absolute atomic E-state index is 12.0. The first-order valence-electron chi connectivity index (χ1n) is 7.54. The van der Waals surface area contributed by atoms with Crippen LogP contribution in [0.15, 0.2) is 54.6 Å². The molecule has 1 unspecified atom stereocenters. The van der Waals surface area contributed by atoms with Crippen LogP contribution in [0.2, 0.25) is 0 Å². The van der Waals surface area contributed by atoms with Crippen molar-refractivity contribution in [2.45, 2.75) is 26.3 Å². The molecule has 2 aromatic carbocycles. The van der Waals surface area contributed by atoms with Crippen LogP contribution in [0.25, 0.3) is 0 Å². The number of hydrogen-bond acceptors (Lipinski definition) is 3. The van der Waals surface area contributed by atoms with Crippen molar-refractivity contribution in [2.75, 3.05) is 11.9 Å². The van der Waals surface area contributed by atoms with E-state index >= 15 is 0 Å². The number of hydrogen-bond donors (Lipinski definition) is 2. The van der Waals surface area contributed by atoms with E-state index < -0.39 is 0 Å². The van der Waals surface area contributed by atoms with Gasteiger partial charge in [-0.15, -0.1) is 0 Å². The van der Waals surface area contributed by atoms with Gasteiger partial charge in [0.15, 0.2) is 5.75 Å². The van der Waals surface area contributed by atoms with Gasteiger partial charge in [-0.1, -0.05) is 37.3 Å². The zero-order chi connectivity index (χ0) is 15.8. The van der Waals surface area contributed by atoms with Crippen molar-refractivity contribution < 1.29 is 9.53 Å². The molecule has 0 spiro atoms. The van der Waals surface area contributed by atoms with Crippen LogP contribution in [-0.4, -0.2) is 18.5 Å². The van der Waals surface area contributed by atoms with E-state index in [0.29, 0.717) is 17.5 Å². The zero-order valence-corrected chi connectivity index (χ0v) is 13.0. The van der Waals surface area contributed by atoms with Gasteiger partial charge in [0.1, 0.15) is 5.75 Å². The predicted molar refractivity (Wildman–Crippen MR) is 89.3 cm³/mol. The Morgan fingerprint density at radius 2 is 1.77 bits per heavy atom. The molecule has 0 fully saturated rings. The van der Waals surface area contributed by atoms with Crippen LogP contribution in [0, 0.1) is 0 Å². The highest BCUT2D eigenvalue weighted by Crippen LogP contribution is 2.28. The summed E-state index contributed by atoms with van der Waals surface area (Å²) in [7, 11) is 0. The average Bonchev–Trinajstić information content (AvgIpc) is 2.55. The van der Waals surface area contributed by atoms with Crippen molar-refractivity contribution in [1.29, 1.82) is 0 Å². The fraction of sp³-hybridized carbons (Fsp3) is 0.278. The average molecular weight is 298 g/mol. The topological polar surface area (TPSA) is 50.4 Å². The number of benzene rings is 2. The van der Waals surface area contributed by atoms with Crippen LogP contribution in [0.4, 0.5) is 5.69 Å². The van der Waals surface area contributed by atoms with Gasteiger partial charge in [0.05, 0.1) is 12.2 Å². The molecule has 1 atom stereocenters. The Labute approximate surface area is 131 Å². The largest absolute Gasteiger partial charge is 0.455 e. The van der Waals surface area contributed by atoms with Gasteiger partial charge in [-0.25, -0.2) is 0 Å². The summed E-state index contributed by atoms with van der Waals surface area (Å²) in [6.45, 7) is 4.42. The minimum absolute atomic E-state index is 0.0792. The number of para-hydroxylation sites is 3. The van der Waals surface area contributed by atoms with E-state index in [1.54, 1.807) is 0 Å². The molecule has 0 aliphatic rings. The van der Waals surface area contributed by atoms with Gasteiger partial charge in [0.25, 0.3) is 0 Å². The van der Waals surface area contributed by atoms with Crippen molar-refractivity contribution in [3.8, 4) is 11.5 Å². The van der Waals surface area contributed by atoms with Crippen LogP contribution >= 0.6 is 0 Å². The number of rotatable bonds is 7. The van der Waals surface area contributed by atoms with Gasteiger partial charge in [0.2, 0.25) is 5.91 Å². The molecule has 0 bridgehead atoms. The molecule has 0 saturated carbocycles. The third kappa shape index (κ3) is 4.90. The van der Waals surface area contributed by atoms with E-state index in [1.807, 2.05) is 54.6 Å². The summed E-state index contributed by atoms with van der Waals surface area (Å²) in [6, 6.07) is 17.2. The molecular weight excluding hydrogens is 276 g/mol. The number of anilines is 1. The number of carbonyl (C=O) groups excluding carboxylic acids is 1. The summed E-state index contributed by atoms with van der Waals surface area (Å²) in [5.74, 6) is 1.29. The second-order valence-corrected chi connectivity index (χ2v) is 5.15. The van der Waals surface area contributed by atoms with E-state index in [0.717, 1.165) is 12.2 Å². The predicted octanol–water partition coefficient (Wildman–Crippen LogP) is 3.81. The summed E-state index contributed by atoms with van der Waals surface area (Å²) in [4.78, 5) is 12.0. The minimum Gasteiger partial charge on any atom is -0.455 e. The Kier molecular flexibility index (Phi) is 5.98. The van der Waals surface area contributed by atoms with Crippen LogP contribution in [0.5, 0.6) is 11.5 Å². The van der Waals surface area contributed by atoms with E-state index in [4.69, 9.17) is 4.74 Å². The first-order valence-corrected chi connectivity index (χ1v) is 7.54. The fourth-order valence-corrected chi connectivity index (χ4v) is 1.88. The molecule has 2 aromatic rings. The van der Waals surface area contributed by atoms with Crippen molar-refractivity contribution in [1.82, 2.24) is 5.32 Å². The monoisotopic (exact) mass is 298 g/mol. The molecule has 0 aromatic heterocycles. The summed E-state index contributed by atoms with van der Waals surface area (Å²) < 4.78 is 5.82. The lowest BCUT2D eigenvalue weighted by Crippen LogP contribution is -2.34. The summed E-state index contributed by atoms with van der Waals surface area (Å²) in [5, 5.41) is 6.05. The van der Waals surface area contributed by atoms with Crippen LogP contribution < -0.4 is 15.4 Å². The third-order valence-corrected chi connectivity index (χ3v) is 3.36. The van der Waals surface area contributed by atoms with Gasteiger partial charge < -0.3 is 15.4 Å². The van der Waals surface area contributed by atoms with E-state index in [1.165, 1.54) is 0 Å². The molecule has 0 aliphatic heterocycles. The van der Waals surface area contributed by atoms with Crippen molar-refractivity contribution in [2.24, 2.45) is 0 Å². The molecule has 0 heterocycles. The van der Waals surface area contributed by atoms with Crippen molar-refractivity contribution in [3.05, 3.63) is 54.6 Å². The van der Waals surface area contributed by atoms with Gasteiger partial charge in [-0.3, -0.25) is 4.79 Å². The van der Waals surface area contributed by atoms with E-state index in [2.05, 4.69) is 24.5 Å². The standard InChI is InChI=1S/C18H22N2O2/c1-3-14(2)19-13-18(21)20-16-11-7-8-12-17(16)22-15-9-5-4-6-10-15/h4-12,14,19H,3,13H2,1-2H3,(H,20,21). The highest BCUT2D eigenvalue weighted by atomic mass is 16.5. The summed E-state index contributed by atoms with van der Waals surface area (Å²) >= 11 is 0. The third-order valence-electron chi connectivity index (χ3n) is 3.36. The number of carbonyl (C=O) groups is 1. The Morgan fingerprint density at radius 1 is 1.09 bits per heavy atom. The Morgan fingerprint density at radius 3 is 2.50 bits per heavy atom. The van der Waals surface area contributed by atoms with E-state index in [-0.39, 0.29) is 12.5 Å². The van der Waals surface area contributed by atoms with Crippen LogP contribution in [0.3, 0.4) is 0 Å². The molecular formula is C18H22N2O2. The quantitative estimate of drug-likeness (QED) is 0.817. The lowest BCUT2D eigenvalue weighted by molar-refractivity contribution is -0.115. The maximum atomic E-state index is 12.0. The van der Waals surface area contributed by atoms with Gasteiger partial charge in [-0.2, -0.15) is 0 Å². The molecule has 2 rings (SSSR count). The molecule has 4 nitrogen and oxygen atoms in total. The van der Waals surface area contributed by atoms with Gasteiger partial charge in [-0.05, 0) is 37.6 Å². The van der Waals surface area contributed by atoms with Crippen LogP contribution in [-0.2, 0) is 4.79 Å². The molecule has 4 heteroatoms. The SMILES string of the molecule is CCC(C)NCC(=O)Nc1ccccc1Oc1ccccc1. The summed E-state index contributed by atoms with van der Waals surface area (Å²) in [6.07, 6.45) is 0.987. The Balaban J connectivity index is 2.00. The molecule has 2 N–H and O–H groups in total. The number of nitrogens with one attached hydrogen (secondary N) is 2. The molecule has 0 radical (unpaired) electrons. The second kappa shape index (κ2) is 8.20. The minimum atomic E-state index is -0.0792. The summed E-state index contributed by atoms with van der Waals surface area (Å²) in [5.41, 5.74) is 0.669. The lowest BCUT2D eigenvalue weighted by Gasteiger charge is -2.14. The maximum Gasteiger partial charge on any atom is 0.238 e. The first-order chi connectivity index (χ1) is 10.7. The van der Waals surface area contributed by atoms with Gasteiger partial charge in [0, 0.05) is 6.04 Å². The van der Waals surface area contributed by atoms with E-state index in [9.17, 15) is 4.79 Å². The first kappa shape index (κ1) is 16.0. The Bertz CT molecular complexity index is 599. The number of ether oxygens (including phenoxy) is 1. The van der Waals surface area contributed by atoms with Crippen molar-refractivity contribution >= 4 is 11.6 Å². The van der Waals surface area contributed by atoms with Crippen LogP contribution in [0.1, 0.15) is 20.3 Å². The normalized spacial score (nSPS) is 11.7. The second-order valence-electron chi connectivity index (χ2n) is 5.15. The smallest absolute Gasteiger partial charge is 0.238 e. The molecule has 0 aliphatic carbocycles. The molecule has 116 valence electrons. The number of amides is 1. The van der Waals surface area contributed by atoms with Gasteiger partial charge >= 0.3 is 0 Å². The lowest BCUT2D eigenvalue weighted by atomic mass is 10.2. The Hall–Kier alpha value is -2.33. The molecule has 1 amide bonds. The highest BCUT2D eigenvalue weighted by molar-refractivity contribution is 5.93. The van der Waals surface area contributed by atoms with Crippen molar-refractivity contribution in [3.63, 3.8) is 0 Å². The highest BCUT2D eigenvalue weighted by Gasteiger charge is 2.09. The zero-order valence-electron chi connectivity index (χ0n) is 13.0. The fourth-order valence-electron chi connectivity index (χ4n) is 1.88. The molecule has 22 heavy (non-hydrogen) atoms.